The van der Waals surface area contributed by atoms with Crippen LogP contribution in [0.15, 0.2) is 60.7 Å². The minimum Gasteiger partial charge on any atom is -0.463 e. The molecule has 0 unspecified atom stereocenters. The van der Waals surface area contributed by atoms with Crippen molar-refractivity contribution in [1.29, 1.82) is 0 Å². The number of amides is 1. The van der Waals surface area contributed by atoms with E-state index in [9.17, 15) is 9.59 Å². The molecule has 25 heavy (non-hydrogen) atoms. The highest BCUT2D eigenvalue weighted by molar-refractivity contribution is 6.02. The third-order valence-corrected chi connectivity index (χ3v) is 4.32. The zero-order chi connectivity index (χ0) is 17.6. The summed E-state index contributed by atoms with van der Waals surface area (Å²) in [5.41, 5.74) is 2.71. The van der Waals surface area contributed by atoms with E-state index in [0.717, 1.165) is 23.2 Å². The Balaban J connectivity index is 1.83. The van der Waals surface area contributed by atoms with Crippen LogP contribution in [0.4, 0.5) is 5.69 Å². The average molecular weight is 335 g/mol. The summed E-state index contributed by atoms with van der Waals surface area (Å²) in [4.78, 5) is 26.3. The van der Waals surface area contributed by atoms with Gasteiger partial charge in [0.1, 0.15) is 0 Å². The molecule has 1 fully saturated rings. The standard InChI is InChI=1S/C21H21NO3/c1-2-25-20(23)13-12-17-10-6-7-11-19(17)22-15-14-18(21(22)24)16-8-4-3-5-9-16/h3-13,18H,2,14-15H2,1H3/b13-12+/t18-/m1/s1. The van der Waals surface area contributed by atoms with Crippen molar-refractivity contribution in [3.8, 4) is 0 Å². The minimum atomic E-state index is -0.382. The number of esters is 1. The van der Waals surface area contributed by atoms with Gasteiger partial charge in [0.2, 0.25) is 5.91 Å². The largest absolute Gasteiger partial charge is 0.463 e. The molecular formula is C21H21NO3. The van der Waals surface area contributed by atoms with Crippen molar-refractivity contribution in [2.24, 2.45) is 0 Å². The highest BCUT2D eigenvalue weighted by Crippen LogP contribution is 2.34. The van der Waals surface area contributed by atoms with Crippen LogP contribution in [0.2, 0.25) is 0 Å². The van der Waals surface area contributed by atoms with E-state index >= 15 is 0 Å². The van der Waals surface area contributed by atoms with Gasteiger partial charge in [-0.05, 0) is 36.6 Å². The van der Waals surface area contributed by atoms with E-state index in [4.69, 9.17) is 4.74 Å². The van der Waals surface area contributed by atoms with Gasteiger partial charge in [0.05, 0.1) is 18.2 Å². The Bertz CT molecular complexity index is 783. The summed E-state index contributed by atoms with van der Waals surface area (Å²) in [5.74, 6) is -0.390. The van der Waals surface area contributed by atoms with Crippen LogP contribution in [0.3, 0.4) is 0 Å². The van der Waals surface area contributed by atoms with Crippen LogP contribution in [-0.2, 0) is 14.3 Å². The number of rotatable bonds is 5. The van der Waals surface area contributed by atoms with E-state index in [2.05, 4.69) is 0 Å². The summed E-state index contributed by atoms with van der Waals surface area (Å²) < 4.78 is 4.92. The van der Waals surface area contributed by atoms with Crippen molar-refractivity contribution in [1.82, 2.24) is 0 Å². The zero-order valence-corrected chi connectivity index (χ0v) is 14.2. The van der Waals surface area contributed by atoms with Crippen molar-refractivity contribution in [2.45, 2.75) is 19.3 Å². The molecule has 1 heterocycles. The molecule has 0 saturated carbocycles. The van der Waals surface area contributed by atoms with Crippen molar-refractivity contribution < 1.29 is 14.3 Å². The van der Waals surface area contributed by atoms with Gasteiger partial charge in [0, 0.05) is 12.6 Å². The second kappa shape index (κ2) is 7.79. The molecule has 0 aliphatic carbocycles. The molecule has 128 valence electrons. The maximum Gasteiger partial charge on any atom is 0.330 e. The summed E-state index contributed by atoms with van der Waals surface area (Å²) in [6.07, 6.45) is 3.90. The van der Waals surface area contributed by atoms with Crippen LogP contribution < -0.4 is 4.90 Å². The lowest BCUT2D eigenvalue weighted by Gasteiger charge is -2.19. The molecule has 1 saturated heterocycles. The van der Waals surface area contributed by atoms with Crippen molar-refractivity contribution in [3.63, 3.8) is 0 Å². The predicted octanol–water partition coefficient (Wildman–Crippen LogP) is 3.78. The quantitative estimate of drug-likeness (QED) is 0.617. The summed E-state index contributed by atoms with van der Waals surface area (Å²) in [5, 5.41) is 0. The highest BCUT2D eigenvalue weighted by atomic mass is 16.5. The summed E-state index contributed by atoms with van der Waals surface area (Å²) in [6, 6.07) is 17.5. The number of hydrogen-bond acceptors (Lipinski definition) is 3. The smallest absolute Gasteiger partial charge is 0.330 e. The fourth-order valence-electron chi connectivity index (χ4n) is 3.14. The zero-order valence-electron chi connectivity index (χ0n) is 14.2. The van der Waals surface area contributed by atoms with Crippen LogP contribution in [0, 0.1) is 0 Å². The number of carbonyl (C=O) groups excluding carboxylic acids is 2. The number of benzene rings is 2. The second-order valence-corrected chi connectivity index (χ2v) is 5.89. The Labute approximate surface area is 147 Å². The number of nitrogens with zero attached hydrogens (tertiary/aromatic N) is 1. The first-order valence-electron chi connectivity index (χ1n) is 8.51. The maximum absolute atomic E-state index is 12.9. The van der Waals surface area contributed by atoms with E-state index in [1.807, 2.05) is 59.5 Å². The van der Waals surface area contributed by atoms with E-state index < -0.39 is 0 Å². The minimum absolute atomic E-state index is 0.100. The lowest BCUT2D eigenvalue weighted by molar-refractivity contribution is -0.137. The third kappa shape index (κ3) is 3.79. The molecule has 2 aromatic carbocycles. The Morgan fingerprint density at radius 3 is 2.64 bits per heavy atom. The molecule has 2 aromatic rings. The Kier molecular flexibility index (Phi) is 5.29. The van der Waals surface area contributed by atoms with Gasteiger partial charge in [-0.1, -0.05) is 48.5 Å². The molecule has 0 spiro atoms. The second-order valence-electron chi connectivity index (χ2n) is 5.89. The summed E-state index contributed by atoms with van der Waals surface area (Å²) in [6.45, 7) is 2.78. The molecule has 0 bridgehead atoms. The topological polar surface area (TPSA) is 46.6 Å². The lowest BCUT2D eigenvalue weighted by Crippen LogP contribution is -2.27. The summed E-state index contributed by atoms with van der Waals surface area (Å²) >= 11 is 0. The Morgan fingerprint density at radius 1 is 1.16 bits per heavy atom. The molecule has 0 aromatic heterocycles. The molecule has 4 heteroatoms. The first-order valence-corrected chi connectivity index (χ1v) is 8.51. The average Bonchev–Trinajstić information content (AvgIpc) is 3.02. The van der Waals surface area contributed by atoms with Gasteiger partial charge in [-0.15, -0.1) is 0 Å². The van der Waals surface area contributed by atoms with Crippen LogP contribution in [0.25, 0.3) is 6.08 Å². The first kappa shape index (κ1) is 17.0. The molecule has 1 aliphatic heterocycles. The van der Waals surface area contributed by atoms with E-state index in [1.54, 1.807) is 13.0 Å². The van der Waals surface area contributed by atoms with Crippen LogP contribution in [0.1, 0.15) is 30.4 Å². The SMILES string of the molecule is CCOC(=O)/C=C/c1ccccc1N1CC[C@H](c2ccccc2)C1=O. The molecule has 4 nitrogen and oxygen atoms in total. The van der Waals surface area contributed by atoms with Gasteiger partial charge in [0.25, 0.3) is 0 Å². The summed E-state index contributed by atoms with van der Waals surface area (Å²) in [7, 11) is 0. The lowest BCUT2D eigenvalue weighted by atomic mass is 9.98. The third-order valence-electron chi connectivity index (χ3n) is 4.32. The molecule has 1 aliphatic rings. The van der Waals surface area contributed by atoms with Crippen LogP contribution in [-0.4, -0.2) is 25.0 Å². The first-order chi connectivity index (χ1) is 12.2. The number of carbonyl (C=O) groups is 2. The Morgan fingerprint density at radius 2 is 1.88 bits per heavy atom. The van der Waals surface area contributed by atoms with Crippen LogP contribution in [0.5, 0.6) is 0 Å². The fourth-order valence-corrected chi connectivity index (χ4v) is 3.14. The van der Waals surface area contributed by atoms with E-state index in [-0.39, 0.29) is 17.8 Å². The number of anilines is 1. The van der Waals surface area contributed by atoms with Gasteiger partial charge in [0.15, 0.2) is 0 Å². The Hall–Kier alpha value is -2.88. The molecule has 0 N–H and O–H groups in total. The fraction of sp³-hybridized carbons (Fsp3) is 0.238. The predicted molar refractivity (Wildman–Crippen MR) is 98.3 cm³/mol. The van der Waals surface area contributed by atoms with Crippen molar-refractivity contribution >= 4 is 23.6 Å². The number of ether oxygens (including phenoxy) is 1. The molecule has 1 amide bonds. The van der Waals surface area contributed by atoms with Gasteiger partial charge in [-0.2, -0.15) is 0 Å². The molecule has 3 rings (SSSR count). The van der Waals surface area contributed by atoms with Gasteiger partial charge >= 0.3 is 5.97 Å². The molecule has 0 radical (unpaired) electrons. The van der Waals surface area contributed by atoms with Crippen molar-refractivity contribution in [2.75, 3.05) is 18.1 Å². The maximum atomic E-state index is 12.9. The number of hydrogen-bond donors (Lipinski definition) is 0. The normalized spacial score (nSPS) is 17.2. The van der Waals surface area contributed by atoms with Gasteiger partial charge in [-0.25, -0.2) is 4.79 Å². The highest BCUT2D eigenvalue weighted by Gasteiger charge is 2.34. The van der Waals surface area contributed by atoms with Gasteiger partial charge in [-0.3, -0.25) is 4.79 Å². The monoisotopic (exact) mass is 335 g/mol. The van der Waals surface area contributed by atoms with E-state index in [1.165, 1.54) is 6.08 Å². The molecule has 1 atom stereocenters. The van der Waals surface area contributed by atoms with Crippen molar-refractivity contribution in [3.05, 3.63) is 71.8 Å². The number of para-hydroxylation sites is 1. The van der Waals surface area contributed by atoms with Crippen LogP contribution >= 0.6 is 0 Å². The van der Waals surface area contributed by atoms with Gasteiger partial charge < -0.3 is 9.64 Å². The van der Waals surface area contributed by atoms with E-state index in [0.29, 0.717) is 13.2 Å². The molecular weight excluding hydrogens is 314 g/mol.